The zero-order valence-electron chi connectivity index (χ0n) is 16.3. The van der Waals surface area contributed by atoms with Gasteiger partial charge < -0.3 is 4.42 Å². The normalized spacial score (nSPS) is 17.7. The van der Waals surface area contributed by atoms with Crippen LogP contribution in [0.15, 0.2) is 53.1 Å². The highest BCUT2D eigenvalue weighted by Crippen LogP contribution is 2.30. The molecule has 0 bridgehead atoms. The van der Waals surface area contributed by atoms with Gasteiger partial charge in [-0.15, -0.1) is 0 Å². The van der Waals surface area contributed by atoms with Crippen molar-refractivity contribution in [3.05, 3.63) is 70.8 Å². The molecule has 0 unspecified atom stereocenters. The number of hydrogen-bond acceptors (Lipinski definition) is 4. The number of benzene rings is 1. The number of hydrogen-bond donors (Lipinski definition) is 0. The van der Waals surface area contributed by atoms with Crippen molar-refractivity contribution < 1.29 is 4.42 Å². The summed E-state index contributed by atoms with van der Waals surface area (Å²) in [6.45, 7) is 3.93. The van der Waals surface area contributed by atoms with Crippen LogP contribution in [0.2, 0.25) is 5.02 Å². The molecular formula is C23H26ClN3O. The third-order valence-corrected chi connectivity index (χ3v) is 5.89. The van der Waals surface area contributed by atoms with Crippen LogP contribution in [0.3, 0.4) is 0 Å². The third-order valence-electron chi connectivity index (χ3n) is 5.56. The summed E-state index contributed by atoms with van der Waals surface area (Å²) in [6, 6.07) is 14.4. The van der Waals surface area contributed by atoms with E-state index < -0.39 is 0 Å². The summed E-state index contributed by atoms with van der Waals surface area (Å²) in [6.07, 6.45) is 7.81. The minimum absolute atomic E-state index is 0.565. The zero-order valence-corrected chi connectivity index (χ0v) is 17.0. The van der Waals surface area contributed by atoms with Gasteiger partial charge in [-0.3, -0.25) is 9.88 Å². The van der Waals surface area contributed by atoms with Gasteiger partial charge in [-0.1, -0.05) is 36.2 Å². The summed E-state index contributed by atoms with van der Waals surface area (Å²) in [5.74, 6) is 1.49. The van der Waals surface area contributed by atoms with E-state index in [-0.39, 0.29) is 0 Å². The second-order valence-corrected chi connectivity index (χ2v) is 7.89. The van der Waals surface area contributed by atoms with E-state index in [4.69, 9.17) is 21.0 Å². The van der Waals surface area contributed by atoms with Gasteiger partial charge >= 0.3 is 0 Å². The Hall–Kier alpha value is -2.17. The first-order valence-corrected chi connectivity index (χ1v) is 10.4. The Morgan fingerprint density at radius 2 is 2.00 bits per heavy atom. The van der Waals surface area contributed by atoms with Gasteiger partial charge in [-0.2, -0.15) is 0 Å². The molecule has 3 heterocycles. The lowest BCUT2D eigenvalue weighted by atomic mass is 9.96. The molecule has 0 aliphatic carbocycles. The second kappa shape index (κ2) is 8.89. The van der Waals surface area contributed by atoms with E-state index in [0.717, 1.165) is 42.9 Å². The summed E-state index contributed by atoms with van der Waals surface area (Å²) in [4.78, 5) is 11.8. The molecule has 28 heavy (non-hydrogen) atoms. The fourth-order valence-corrected chi connectivity index (χ4v) is 4.19. The van der Waals surface area contributed by atoms with Crippen LogP contribution in [0.1, 0.15) is 42.8 Å². The average Bonchev–Trinajstić information content (AvgIpc) is 3.08. The first kappa shape index (κ1) is 19.2. The quantitative estimate of drug-likeness (QED) is 0.538. The molecular weight excluding hydrogens is 370 g/mol. The summed E-state index contributed by atoms with van der Waals surface area (Å²) >= 11 is 6.32. The van der Waals surface area contributed by atoms with Crippen LogP contribution in [0.4, 0.5) is 0 Å². The monoisotopic (exact) mass is 395 g/mol. The Labute approximate surface area is 171 Å². The Morgan fingerprint density at radius 3 is 2.82 bits per heavy atom. The molecule has 0 amide bonds. The topological polar surface area (TPSA) is 42.2 Å². The lowest BCUT2D eigenvalue weighted by molar-refractivity contribution is 0.130. The maximum absolute atomic E-state index is 6.32. The van der Waals surface area contributed by atoms with Gasteiger partial charge in [0.1, 0.15) is 5.76 Å². The van der Waals surface area contributed by atoms with E-state index in [1.807, 2.05) is 43.5 Å². The Balaban J connectivity index is 1.46. The lowest BCUT2D eigenvalue weighted by Crippen LogP contribution is -2.39. The molecule has 3 aromatic rings. The molecule has 1 atom stereocenters. The molecule has 0 radical (unpaired) electrons. The van der Waals surface area contributed by atoms with Gasteiger partial charge in [0.2, 0.25) is 5.89 Å². The number of likely N-dealkylation sites (tertiary alicyclic amines) is 1. The summed E-state index contributed by atoms with van der Waals surface area (Å²) in [5, 5.41) is 0.668. The van der Waals surface area contributed by atoms with Crippen molar-refractivity contribution in [3.8, 4) is 11.5 Å². The van der Waals surface area contributed by atoms with Crippen LogP contribution in [-0.4, -0.2) is 27.5 Å². The molecule has 0 N–H and O–H groups in total. The van der Waals surface area contributed by atoms with Gasteiger partial charge in [0.05, 0.1) is 16.3 Å². The predicted octanol–water partition coefficient (Wildman–Crippen LogP) is 5.69. The Kier molecular flexibility index (Phi) is 6.08. The molecule has 0 spiro atoms. The van der Waals surface area contributed by atoms with E-state index in [2.05, 4.69) is 22.0 Å². The Morgan fingerprint density at radius 1 is 1.14 bits per heavy atom. The number of aryl methyl sites for hydroxylation is 2. The maximum Gasteiger partial charge on any atom is 0.228 e. The third kappa shape index (κ3) is 4.45. The molecule has 146 valence electrons. The van der Waals surface area contributed by atoms with Crippen LogP contribution < -0.4 is 0 Å². The van der Waals surface area contributed by atoms with E-state index in [9.17, 15) is 0 Å². The molecule has 1 saturated heterocycles. The predicted molar refractivity (Wildman–Crippen MR) is 112 cm³/mol. The highest BCUT2D eigenvalue weighted by molar-refractivity contribution is 6.33. The van der Waals surface area contributed by atoms with Gasteiger partial charge in [0.25, 0.3) is 0 Å². The largest absolute Gasteiger partial charge is 0.441 e. The molecule has 1 aromatic carbocycles. The van der Waals surface area contributed by atoms with E-state index in [0.29, 0.717) is 17.0 Å². The van der Waals surface area contributed by atoms with Gasteiger partial charge in [-0.25, -0.2) is 4.98 Å². The molecule has 0 saturated carbocycles. The van der Waals surface area contributed by atoms with Gasteiger partial charge in [-0.05, 0) is 63.4 Å². The fraction of sp³-hybridized carbons (Fsp3) is 0.391. The van der Waals surface area contributed by atoms with Crippen LogP contribution in [0.5, 0.6) is 0 Å². The van der Waals surface area contributed by atoms with Crippen LogP contribution in [0.25, 0.3) is 11.5 Å². The minimum atomic E-state index is 0.565. The molecule has 1 aliphatic rings. The lowest BCUT2D eigenvalue weighted by Gasteiger charge is -2.35. The van der Waals surface area contributed by atoms with Crippen molar-refractivity contribution in [2.45, 2.75) is 51.6 Å². The van der Waals surface area contributed by atoms with Crippen LogP contribution in [0, 0.1) is 6.92 Å². The number of rotatable bonds is 6. The zero-order chi connectivity index (χ0) is 19.3. The van der Waals surface area contributed by atoms with E-state index >= 15 is 0 Å². The van der Waals surface area contributed by atoms with Crippen LogP contribution in [-0.2, 0) is 13.0 Å². The molecule has 1 aliphatic heterocycles. The second-order valence-electron chi connectivity index (χ2n) is 7.48. The summed E-state index contributed by atoms with van der Waals surface area (Å²) in [7, 11) is 0. The van der Waals surface area contributed by atoms with Crippen molar-refractivity contribution in [1.29, 1.82) is 0 Å². The van der Waals surface area contributed by atoms with Crippen molar-refractivity contribution in [3.63, 3.8) is 0 Å². The molecule has 1 fully saturated rings. The number of nitrogens with zero attached hydrogens (tertiary/aromatic N) is 3. The maximum atomic E-state index is 6.32. The first-order valence-electron chi connectivity index (χ1n) is 10.1. The number of halogens is 1. The summed E-state index contributed by atoms with van der Waals surface area (Å²) in [5.41, 5.74) is 3.04. The number of oxazole rings is 1. The molecule has 5 heteroatoms. The Bertz CT molecular complexity index is 909. The van der Waals surface area contributed by atoms with Crippen molar-refractivity contribution in [2.75, 3.05) is 6.54 Å². The van der Waals surface area contributed by atoms with E-state index in [1.54, 1.807) is 0 Å². The van der Waals surface area contributed by atoms with Crippen LogP contribution >= 0.6 is 11.6 Å². The fourth-order valence-electron chi connectivity index (χ4n) is 3.97. The average molecular weight is 396 g/mol. The van der Waals surface area contributed by atoms with Gasteiger partial charge in [0, 0.05) is 24.5 Å². The standard InChI is InChI=1S/C23H26ClN3O/c1-17-22(26-23(28-17)20-10-2-3-11-21(20)24)16-27-15-7-5-9-19(27)13-12-18-8-4-6-14-25-18/h2-4,6,8,10-11,14,19H,5,7,9,12-13,15-16H2,1H3/t19-/m1/s1. The number of piperidine rings is 1. The SMILES string of the molecule is Cc1oc(-c2ccccc2Cl)nc1CN1CCCC[C@@H]1CCc1ccccn1. The van der Waals surface area contributed by atoms with Crippen molar-refractivity contribution >= 4 is 11.6 Å². The number of pyridine rings is 1. The molecule has 4 rings (SSSR count). The first-order chi connectivity index (χ1) is 13.7. The molecule has 2 aromatic heterocycles. The minimum Gasteiger partial charge on any atom is -0.441 e. The molecule has 4 nitrogen and oxygen atoms in total. The van der Waals surface area contributed by atoms with E-state index in [1.165, 1.54) is 25.0 Å². The van der Waals surface area contributed by atoms with Crippen molar-refractivity contribution in [2.24, 2.45) is 0 Å². The highest BCUT2D eigenvalue weighted by atomic mass is 35.5. The smallest absolute Gasteiger partial charge is 0.228 e. The van der Waals surface area contributed by atoms with Crippen molar-refractivity contribution in [1.82, 2.24) is 14.9 Å². The highest BCUT2D eigenvalue weighted by Gasteiger charge is 2.25. The summed E-state index contributed by atoms with van der Waals surface area (Å²) < 4.78 is 5.96. The van der Waals surface area contributed by atoms with Gasteiger partial charge in [0.15, 0.2) is 0 Å². The number of aromatic nitrogens is 2.